The summed E-state index contributed by atoms with van der Waals surface area (Å²) in [6.45, 7) is 2.21. The molecule has 0 radical (unpaired) electrons. The summed E-state index contributed by atoms with van der Waals surface area (Å²) in [4.78, 5) is 12.6. The van der Waals surface area contributed by atoms with E-state index >= 15 is 0 Å². The monoisotopic (exact) mass is 353 g/mol. The lowest BCUT2D eigenvalue weighted by molar-refractivity contribution is -0.118. The molecule has 3 rings (SSSR count). The molecule has 5 heteroatoms. The maximum atomic E-state index is 12.6. The Hall–Kier alpha value is -2.95. The molecule has 0 fully saturated rings. The second-order valence-electron chi connectivity index (χ2n) is 6.27. The number of amides is 1. The third-order valence-electron chi connectivity index (χ3n) is 4.28. The number of benzene rings is 2. The van der Waals surface area contributed by atoms with Crippen LogP contribution in [-0.2, 0) is 11.2 Å². The largest absolute Gasteiger partial charge is 0.497 e. The molecule has 1 aliphatic rings. The van der Waals surface area contributed by atoms with Gasteiger partial charge < -0.3 is 19.5 Å². The minimum atomic E-state index is -0.117. The highest BCUT2D eigenvalue weighted by Gasteiger charge is 2.21. The topological polar surface area (TPSA) is 56.8 Å². The van der Waals surface area contributed by atoms with Gasteiger partial charge in [-0.1, -0.05) is 24.3 Å². The molecule has 0 saturated heterocycles. The van der Waals surface area contributed by atoms with Crippen LogP contribution in [0, 0.1) is 0 Å². The van der Waals surface area contributed by atoms with Gasteiger partial charge in [0.25, 0.3) is 5.91 Å². The van der Waals surface area contributed by atoms with Crippen molar-refractivity contribution in [1.82, 2.24) is 5.32 Å². The van der Waals surface area contributed by atoms with Crippen LogP contribution < -0.4 is 19.5 Å². The highest BCUT2D eigenvalue weighted by atomic mass is 16.5. The van der Waals surface area contributed by atoms with Gasteiger partial charge in [0.05, 0.1) is 19.8 Å². The third kappa shape index (κ3) is 3.99. The Kier molecular flexibility index (Phi) is 5.46. The van der Waals surface area contributed by atoms with Crippen LogP contribution in [-0.4, -0.2) is 32.8 Å². The maximum absolute atomic E-state index is 12.6. The molecule has 1 atom stereocenters. The predicted molar refractivity (Wildman–Crippen MR) is 101 cm³/mol. The molecule has 0 aliphatic carbocycles. The second kappa shape index (κ2) is 7.95. The molecule has 2 aromatic carbocycles. The zero-order chi connectivity index (χ0) is 18.5. The number of hydrogen-bond donors (Lipinski definition) is 1. The smallest absolute Gasteiger partial charge is 0.250 e. The highest BCUT2D eigenvalue weighted by Crippen LogP contribution is 2.35. The average Bonchev–Trinajstić information content (AvgIpc) is 2.66. The Bertz CT molecular complexity index is 829. The van der Waals surface area contributed by atoms with E-state index in [-0.39, 0.29) is 18.6 Å². The molecule has 1 N–H and O–H groups in total. The first-order chi connectivity index (χ1) is 12.6. The van der Waals surface area contributed by atoms with Crippen molar-refractivity contribution in [2.45, 2.75) is 19.4 Å². The van der Waals surface area contributed by atoms with E-state index in [4.69, 9.17) is 14.2 Å². The van der Waals surface area contributed by atoms with E-state index in [2.05, 4.69) is 5.32 Å². The number of ether oxygens (including phenoxy) is 3. The number of hydrogen-bond acceptors (Lipinski definition) is 4. The molecular formula is C21H23NO4. The van der Waals surface area contributed by atoms with Crippen LogP contribution in [0.4, 0.5) is 0 Å². The van der Waals surface area contributed by atoms with Crippen LogP contribution in [0.5, 0.6) is 17.2 Å². The van der Waals surface area contributed by atoms with E-state index < -0.39 is 0 Å². The molecule has 0 aromatic heterocycles. The van der Waals surface area contributed by atoms with Gasteiger partial charge in [-0.25, -0.2) is 0 Å². The summed E-state index contributed by atoms with van der Waals surface area (Å²) >= 11 is 0. The highest BCUT2D eigenvalue weighted by molar-refractivity contribution is 5.99. The zero-order valence-electron chi connectivity index (χ0n) is 15.2. The zero-order valence-corrected chi connectivity index (χ0v) is 15.2. The first-order valence-corrected chi connectivity index (χ1v) is 8.55. The van der Waals surface area contributed by atoms with Crippen molar-refractivity contribution >= 4 is 12.0 Å². The molecule has 1 amide bonds. The van der Waals surface area contributed by atoms with Gasteiger partial charge >= 0.3 is 0 Å². The van der Waals surface area contributed by atoms with Crippen LogP contribution in [0.25, 0.3) is 6.08 Å². The molecule has 2 aromatic rings. The number of fused-ring (bicyclic) bond motifs is 1. The number of carbonyl (C=O) groups is 1. The Morgan fingerprint density at radius 1 is 1.19 bits per heavy atom. The van der Waals surface area contributed by atoms with E-state index in [1.54, 1.807) is 14.2 Å². The molecular weight excluding hydrogens is 330 g/mol. The Morgan fingerprint density at radius 3 is 2.77 bits per heavy atom. The molecule has 0 saturated carbocycles. The Balaban J connectivity index is 1.66. The van der Waals surface area contributed by atoms with Crippen LogP contribution >= 0.6 is 0 Å². The number of methoxy groups -OCH3 is 2. The number of carbonyl (C=O) groups excluding carboxylic acids is 1. The summed E-state index contributed by atoms with van der Waals surface area (Å²) in [5.74, 6) is 2.05. The number of para-hydroxylation sites is 1. The summed E-state index contributed by atoms with van der Waals surface area (Å²) < 4.78 is 16.3. The van der Waals surface area contributed by atoms with E-state index in [9.17, 15) is 4.79 Å². The summed E-state index contributed by atoms with van der Waals surface area (Å²) in [6.07, 6.45) is 2.58. The van der Waals surface area contributed by atoms with Crippen LogP contribution in [0.15, 0.2) is 48.0 Å². The quantitative estimate of drug-likeness (QED) is 0.866. The van der Waals surface area contributed by atoms with Gasteiger partial charge in [0.1, 0.15) is 12.4 Å². The number of nitrogens with one attached hydrogen (secondary N) is 1. The van der Waals surface area contributed by atoms with Crippen molar-refractivity contribution in [3.63, 3.8) is 0 Å². The van der Waals surface area contributed by atoms with Gasteiger partial charge in [0.2, 0.25) is 0 Å². The van der Waals surface area contributed by atoms with Gasteiger partial charge in [-0.2, -0.15) is 0 Å². The van der Waals surface area contributed by atoms with Crippen molar-refractivity contribution in [3.8, 4) is 17.2 Å². The summed E-state index contributed by atoms with van der Waals surface area (Å²) in [7, 11) is 3.25. The predicted octanol–water partition coefficient (Wildman–Crippen LogP) is 3.23. The SMILES string of the molecule is COc1cccc(CC(C)NC(=O)C2=Cc3cccc(OC)c3OC2)c1. The Morgan fingerprint density at radius 2 is 2.00 bits per heavy atom. The molecule has 136 valence electrons. The molecule has 26 heavy (non-hydrogen) atoms. The summed E-state index contributed by atoms with van der Waals surface area (Å²) in [5.41, 5.74) is 2.56. The fraction of sp³-hybridized carbons (Fsp3) is 0.286. The van der Waals surface area contributed by atoms with Crippen LogP contribution in [0.1, 0.15) is 18.1 Å². The lowest BCUT2D eigenvalue weighted by Crippen LogP contribution is -2.36. The standard InChI is InChI=1S/C21H23NO4/c1-14(10-15-6-4-8-18(11-15)24-2)22-21(23)17-12-16-7-5-9-19(25-3)20(16)26-13-17/h4-9,11-12,14H,10,13H2,1-3H3,(H,22,23). The van der Waals surface area contributed by atoms with Crippen LogP contribution in [0.3, 0.4) is 0 Å². The van der Waals surface area contributed by atoms with Crippen molar-refractivity contribution < 1.29 is 19.0 Å². The van der Waals surface area contributed by atoms with Crippen LogP contribution in [0.2, 0.25) is 0 Å². The first-order valence-electron chi connectivity index (χ1n) is 8.55. The molecule has 1 heterocycles. The lowest BCUT2D eigenvalue weighted by Gasteiger charge is -2.21. The van der Waals surface area contributed by atoms with Gasteiger partial charge in [0.15, 0.2) is 11.5 Å². The number of rotatable bonds is 6. The fourth-order valence-electron chi connectivity index (χ4n) is 2.99. The van der Waals surface area contributed by atoms with Crippen molar-refractivity contribution in [2.24, 2.45) is 0 Å². The first kappa shape index (κ1) is 17.9. The lowest BCUT2D eigenvalue weighted by atomic mass is 10.0. The van der Waals surface area contributed by atoms with E-state index in [0.717, 1.165) is 23.3 Å². The van der Waals surface area contributed by atoms with Crippen molar-refractivity contribution in [3.05, 3.63) is 59.2 Å². The minimum Gasteiger partial charge on any atom is -0.497 e. The second-order valence-corrected chi connectivity index (χ2v) is 6.27. The average molecular weight is 353 g/mol. The van der Waals surface area contributed by atoms with Gasteiger partial charge in [-0.3, -0.25) is 4.79 Å². The van der Waals surface area contributed by atoms with E-state index in [0.29, 0.717) is 17.1 Å². The van der Waals surface area contributed by atoms with Gasteiger partial charge in [0, 0.05) is 11.6 Å². The summed E-state index contributed by atoms with van der Waals surface area (Å²) in [5, 5.41) is 3.04. The molecule has 5 nitrogen and oxygen atoms in total. The minimum absolute atomic E-state index is 0.0118. The normalized spacial score (nSPS) is 13.7. The maximum Gasteiger partial charge on any atom is 0.250 e. The van der Waals surface area contributed by atoms with E-state index in [1.165, 1.54) is 0 Å². The van der Waals surface area contributed by atoms with Gasteiger partial charge in [-0.15, -0.1) is 0 Å². The fourth-order valence-corrected chi connectivity index (χ4v) is 2.99. The third-order valence-corrected chi connectivity index (χ3v) is 4.28. The van der Waals surface area contributed by atoms with Crippen molar-refractivity contribution in [1.29, 1.82) is 0 Å². The van der Waals surface area contributed by atoms with Crippen molar-refractivity contribution in [2.75, 3.05) is 20.8 Å². The molecule has 1 unspecified atom stereocenters. The molecule has 0 bridgehead atoms. The van der Waals surface area contributed by atoms with Gasteiger partial charge in [-0.05, 0) is 43.2 Å². The Labute approximate surface area is 153 Å². The van der Waals surface area contributed by atoms with E-state index in [1.807, 2.05) is 55.5 Å². The molecule has 1 aliphatic heterocycles. The molecule has 0 spiro atoms. The summed E-state index contributed by atoms with van der Waals surface area (Å²) in [6, 6.07) is 13.5.